The third-order valence-electron chi connectivity index (χ3n) is 4.56. The summed E-state index contributed by atoms with van der Waals surface area (Å²) in [4.78, 5) is 12.2. The molecule has 132 valence electrons. The molecule has 1 saturated carbocycles. The minimum absolute atomic E-state index is 0.0483. The van der Waals surface area contributed by atoms with Crippen molar-refractivity contribution < 1.29 is 19.4 Å². The predicted octanol–water partition coefficient (Wildman–Crippen LogP) is 1.78. The van der Waals surface area contributed by atoms with Crippen molar-refractivity contribution in [1.29, 1.82) is 0 Å². The average Bonchev–Trinajstić information content (AvgIpc) is 2.59. The molecule has 1 heterocycles. The van der Waals surface area contributed by atoms with Gasteiger partial charge in [-0.05, 0) is 37.0 Å². The van der Waals surface area contributed by atoms with Crippen LogP contribution < -0.4 is 20.5 Å². The zero-order chi connectivity index (χ0) is 17.1. The molecule has 1 aromatic carbocycles. The van der Waals surface area contributed by atoms with Crippen LogP contribution in [0.1, 0.15) is 37.4 Å². The number of hydrogen-bond donors (Lipinski definition) is 3. The first-order valence-corrected chi connectivity index (χ1v) is 8.73. The van der Waals surface area contributed by atoms with Gasteiger partial charge in [-0.1, -0.05) is 18.0 Å². The maximum atomic E-state index is 12.2. The largest absolute Gasteiger partial charge is 0.486 e. The smallest absolute Gasteiger partial charge is 0.223 e. The zero-order valence-corrected chi connectivity index (χ0v) is 14.2. The zero-order valence-electron chi connectivity index (χ0n) is 13.5. The quantitative estimate of drug-likeness (QED) is 0.766. The fourth-order valence-corrected chi connectivity index (χ4v) is 3.52. The number of halogens is 1. The Morgan fingerprint density at radius 1 is 1.38 bits per heavy atom. The average molecular weight is 355 g/mol. The maximum Gasteiger partial charge on any atom is 0.223 e. The summed E-state index contributed by atoms with van der Waals surface area (Å²) in [5, 5.41) is 13.6. The van der Waals surface area contributed by atoms with Crippen molar-refractivity contribution in [3.63, 3.8) is 0 Å². The number of carbonyl (C=O) groups excluding carboxylic acids is 1. The molecule has 1 amide bonds. The first kappa shape index (κ1) is 17.3. The molecule has 24 heavy (non-hydrogen) atoms. The Balaban J connectivity index is 1.59. The molecular weight excluding hydrogens is 332 g/mol. The van der Waals surface area contributed by atoms with E-state index in [1.165, 1.54) is 0 Å². The number of carbonyl (C=O) groups is 1. The summed E-state index contributed by atoms with van der Waals surface area (Å²) in [5.74, 6) is 0.907. The molecule has 3 atom stereocenters. The van der Waals surface area contributed by atoms with Crippen LogP contribution in [0.3, 0.4) is 0 Å². The van der Waals surface area contributed by atoms with Crippen LogP contribution in [0.5, 0.6) is 11.5 Å². The molecular formula is C17H23ClN2O4. The molecule has 1 aliphatic carbocycles. The summed E-state index contributed by atoms with van der Waals surface area (Å²) >= 11 is 6.17. The van der Waals surface area contributed by atoms with E-state index < -0.39 is 6.10 Å². The predicted molar refractivity (Wildman–Crippen MR) is 90.3 cm³/mol. The van der Waals surface area contributed by atoms with Crippen LogP contribution in [0.25, 0.3) is 0 Å². The standard InChI is InChI=1S/C17H23ClN2O4/c18-13-7-11(8-15-16(13)24-5-4-23-15)14(21)9-20-17(22)10-2-1-3-12(19)6-10/h7-8,10,12,14,21H,1-6,9,19H2,(H,20,22)/t10-,12+,14-/m0/s1. The van der Waals surface area contributed by atoms with Gasteiger partial charge >= 0.3 is 0 Å². The summed E-state index contributed by atoms with van der Waals surface area (Å²) in [6.07, 6.45) is 2.64. The van der Waals surface area contributed by atoms with E-state index in [0.29, 0.717) is 41.7 Å². The van der Waals surface area contributed by atoms with Crippen molar-refractivity contribution in [3.05, 3.63) is 22.7 Å². The molecule has 0 saturated heterocycles. The number of benzene rings is 1. The Labute approximate surface area is 146 Å². The molecule has 4 N–H and O–H groups in total. The van der Waals surface area contributed by atoms with Crippen LogP contribution in [0, 0.1) is 5.92 Å². The Kier molecular flexibility index (Phi) is 5.48. The molecule has 6 nitrogen and oxygen atoms in total. The van der Waals surface area contributed by atoms with Crippen molar-refractivity contribution in [2.75, 3.05) is 19.8 Å². The van der Waals surface area contributed by atoms with E-state index in [4.69, 9.17) is 26.8 Å². The summed E-state index contributed by atoms with van der Waals surface area (Å²) in [7, 11) is 0. The number of hydrogen-bond acceptors (Lipinski definition) is 5. The first-order valence-electron chi connectivity index (χ1n) is 8.35. The number of aliphatic hydroxyl groups excluding tert-OH is 1. The van der Waals surface area contributed by atoms with E-state index in [-0.39, 0.29) is 24.4 Å². The molecule has 0 aromatic heterocycles. The second kappa shape index (κ2) is 7.59. The highest BCUT2D eigenvalue weighted by Gasteiger charge is 2.26. The minimum atomic E-state index is -0.862. The van der Waals surface area contributed by atoms with E-state index >= 15 is 0 Å². The highest BCUT2D eigenvalue weighted by molar-refractivity contribution is 6.32. The van der Waals surface area contributed by atoms with Crippen molar-refractivity contribution in [2.24, 2.45) is 11.7 Å². The van der Waals surface area contributed by atoms with Gasteiger partial charge in [-0.25, -0.2) is 0 Å². The molecule has 0 unspecified atom stereocenters. The van der Waals surface area contributed by atoms with Gasteiger partial charge in [-0.2, -0.15) is 0 Å². The molecule has 0 bridgehead atoms. The number of nitrogens with one attached hydrogen (secondary N) is 1. The van der Waals surface area contributed by atoms with Crippen LogP contribution in [-0.2, 0) is 4.79 Å². The highest BCUT2D eigenvalue weighted by Crippen LogP contribution is 2.39. The second-order valence-electron chi connectivity index (χ2n) is 6.41. The first-order chi connectivity index (χ1) is 11.5. The van der Waals surface area contributed by atoms with E-state index in [1.54, 1.807) is 12.1 Å². The number of ether oxygens (including phenoxy) is 2. The minimum Gasteiger partial charge on any atom is -0.486 e. The lowest BCUT2D eigenvalue weighted by Gasteiger charge is -2.26. The van der Waals surface area contributed by atoms with E-state index in [9.17, 15) is 9.90 Å². The maximum absolute atomic E-state index is 12.2. The number of amides is 1. The third kappa shape index (κ3) is 3.94. The fraction of sp³-hybridized carbons (Fsp3) is 0.588. The van der Waals surface area contributed by atoms with Gasteiger partial charge in [0.2, 0.25) is 5.91 Å². The molecule has 2 aliphatic rings. The van der Waals surface area contributed by atoms with Crippen LogP contribution in [-0.4, -0.2) is 36.8 Å². The van der Waals surface area contributed by atoms with Gasteiger partial charge in [-0.15, -0.1) is 0 Å². The lowest BCUT2D eigenvalue weighted by atomic mass is 9.85. The normalized spacial score (nSPS) is 24.3. The fourth-order valence-electron chi connectivity index (χ4n) is 3.25. The monoisotopic (exact) mass is 354 g/mol. The SMILES string of the molecule is N[C@@H]1CCC[C@H](C(=O)NC[C@H](O)c2cc(Cl)c3c(c2)OCCO3)C1. The van der Waals surface area contributed by atoms with Gasteiger partial charge in [0.25, 0.3) is 0 Å². The van der Waals surface area contributed by atoms with Crippen LogP contribution >= 0.6 is 11.6 Å². The molecule has 0 radical (unpaired) electrons. The van der Waals surface area contributed by atoms with Crippen LogP contribution in [0.2, 0.25) is 5.02 Å². The van der Waals surface area contributed by atoms with Crippen molar-refractivity contribution >= 4 is 17.5 Å². The van der Waals surface area contributed by atoms with E-state index in [0.717, 1.165) is 19.3 Å². The van der Waals surface area contributed by atoms with Crippen molar-refractivity contribution in [1.82, 2.24) is 5.32 Å². The Bertz CT molecular complexity index is 610. The van der Waals surface area contributed by atoms with Crippen molar-refractivity contribution in [2.45, 2.75) is 37.8 Å². The van der Waals surface area contributed by atoms with Crippen LogP contribution in [0.4, 0.5) is 0 Å². The Morgan fingerprint density at radius 2 is 2.17 bits per heavy atom. The molecule has 1 fully saturated rings. The number of nitrogens with two attached hydrogens (primary N) is 1. The number of fused-ring (bicyclic) bond motifs is 1. The van der Waals surface area contributed by atoms with Gasteiger partial charge in [0.1, 0.15) is 13.2 Å². The molecule has 0 spiro atoms. The Hall–Kier alpha value is -1.50. The van der Waals surface area contributed by atoms with Gasteiger partial charge in [-0.3, -0.25) is 4.79 Å². The van der Waals surface area contributed by atoms with Crippen molar-refractivity contribution in [3.8, 4) is 11.5 Å². The lowest BCUT2D eigenvalue weighted by molar-refractivity contribution is -0.126. The molecule has 1 aromatic rings. The number of aliphatic hydroxyl groups is 1. The van der Waals surface area contributed by atoms with E-state index in [2.05, 4.69) is 5.32 Å². The summed E-state index contributed by atoms with van der Waals surface area (Å²) in [6, 6.07) is 3.44. The summed E-state index contributed by atoms with van der Waals surface area (Å²) in [5.41, 5.74) is 6.51. The lowest BCUT2D eigenvalue weighted by Crippen LogP contribution is -2.39. The van der Waals surface area contributed by atoms with Crippen LogP contribution in [0.15, 0.2) is 12.1 Å². The molecule has 3 rings (SSSR count). The topological polar surface area (TPSA) is 93.8 Å². The molecule has 1 aliphatic heterocycles. The van der Waals surface area contributed by atoms with Gasteiger partial charge in [0.15, 0.2) is 11.5 Å². The number of rotatable bonds is 4. The summed E-state index contributed by atoms with van der Waals surface area (Å²) in [6.45, 7) is 1.02. The summed E-state index contributed by atoms with van der Waals surface area (Å²) < 4.78 is 11.0. The third-order valence-corrected chi connectivity index (χ3v) is 4.84. The van der Waals surface area contributed by atoms with Gasteiger partial charge < -0.3 is 25.6 Å². The van der Waals surface area contributed by atoms with Gasteiger partial charge in [0.05, 0.1) is 11.1 Å². The van der Waals surface area contributed by atoms with E-state index in [1.807, 2.05) is 0 Å². The van der Waals surface area contributed by atoms with Gasteiger partial charge in [0, 0.05) is 18.5 Å². The highest BCUT2D eigenvalue weighted by atomic mass is 35.5. The second-order valence-corrected chi connectivity index (χ2v) is 6.82. The molecule has 7 heteroatoms. The Morgan fingerprint density at radius 3 is 2.96 bits per heavy atom.